The summed E-state index contributed by atoms with van der Waals surface area (Å²) >= 11 is 0. The van der Waals surface area contributed by atoms with Gasteiger partial charge in [0, 0.05) is 92.6 Å². The van der Waals surface area contributed by atoms with Crippen LogP contribution in [0.3, 0.4) is 0 Å². The van der Waals surface area contributed by atoms with E-state index in [-0.39, 0.29) is 47.2 Å². The summed E-state index contributed by atoms with van der Waals surface area (Å²) in [4.78, 5) is 21.9. The van der Waals surface area contributed by atoms with E-state index in [1.54, 1.807) is 36.7 Å². The number of hydrogen-bond donors (Lipinski definition) is 2. The number of likely N-dealkylation sites (tertiary alicyclic amines) is 2. The van der Waals surface area contributed by atoms with Gasteiger partial charge in [0.15, 0.2) is 5.04 Å². The fraction of sp³-hybridized carbons (Fsp3) is 0.536. The molecule has 4 aliphatic heterocycles. The van der Waals surface area contributed by atoms with Crippen molar-refractivity contribution in [3.05, 3.63) is 83.7 Å². The van der Waals surface area contributed by atoms with E-state index in [1.807, 2.05) is 27.7 Å². The molecule has 10 rings (SSSR count). The van der Waals surface area contributed by atoms with Gasteiger partial charge < -0.3 is 29.3 Å². The summed E-state index contributed by atoms with van der Waals surface area (Å²) in [6.45, 7) is 20.6. The van der Waals surface area contributed by atoms with Gasteiger partial charge >= 0.3 is 0 Å². The van der Waals surface area contributed by atoms with Crippen molar-refractivity contribution in [2.45, 2.75) is 116 Å². The predicted molar refractivity (Wildman–Crippen MR) is 317 cm³/mol. The Morgan fingerprint density at radius 1 is 0.790 bits per heavy atom. The van der Waals surface area contributed by atoms with Crippen LogP contribution in [0.15, 0.2) is 76.2 Å². The molecule has 0 atom stereocenters. The van der Waals surface area contributed by atoms with Crippen LogP contribution in [-0.4, -0.2) is 149 Å². The molecule has 0 unspecified atom stereocenters. The zero-order chi connectivity index (χ0) is 58.7. The Kier molecular flexibility index (Phi) is 19.1. The van der Waals surface area contributed by atoms with Gasteiger partial charge in [-0.2, -0.15) is 14.4 Å². The van der Waals surface area contributed by atoms with Crippen LogP contribution >= 0.6 is 10.7 Å². The molecule has 0 radical (unpaired) electrons. The lowest BCUT2D eigenvalue weighted by Crippen LogP contribution is -2.60. The second kappa shape index (κ2) is 25.2. The molecule has 5 aliphatic rings. The Balaban J connectivity index is 0.000000183. The number of nitrogens with one attached hydrogen (secondary N) is 2. The number of ether oxygens (including phenoxy) is 3. The van der Waals surface area contributed by atoms with E-state index in [4.69, 9.17) is 29.9 Å². The highest BCUT2D eigenvalue weighted by molar-refractivity contribution is 8.13. The number of methoxy groups -OCH3 is 2. The highest BCUT2D eigenvalue weighted by Crippen LogP contribution is 2.48. The van der Waals surface area contributed by atoms with Crippen molar-refractivity contribution in [2.75, 3.05) is 79.5 Å². The number of pyridine rings is 2. The van der Waals surface area contributed by atoms with Gasteiger partial charge in [-0.1, -0.05) is 53.8 Å². The number of hydrogen-bond acceptors (Lipinski definition) is 16. The summed E-state index contributed by atoms with van der Waals surface area (Å²) in [6.07, 6.45) is 10.2. The molecule has 0 bridgehead atoms. The van der Waals surface area contributed by atoms with Crippen molar-refractivity contribution in [3.8, 4) is 34.0 Å². The minimum absolute atomic E-state index is 0.0186. The maximum atomic E-state index is 14.7. The van der Waals surface area contributed by atoms with E-state index in [9.17, 15) is 25.6 Å². The van der Waals surface area contributed by atoms with Crippen LogP contribution < -0.4 is 20.2 Å². The predicted octanol–water partition coefficient (Wildman–Crippen LogP) is 10.4. The Hall–Kier alpha value is -5.47. The van der Waals surface area contributed by atoms with E-state index < -0.39 is 38.1 Å². The first-order chi connectivity index (χ1) is 38.2. The highest BCUT2D eigenvalue weighted by Gasteiger charge is 2.52. The number of rotatable bonds is 16. The molecule has 0 amide bonds. The number of halogens is 3. The lowest BCUT2D eigenvalue weighted by Gasteiger charge is -2.46. The van der Waals surface area contributed by atoms with Gasteiger partial charge in [-0.15, -0.1) is 5.10 Å². The average Bonchev–Trinajstić information content (AvgIpc) is 4.46. The lowest BCUT2D eigenvalue weighted by atomic mass is 9.68. The second-order valence-corrected chi connectivity index (χ2v) is 33.9. The van der Waals surface area contributed by atoms with Crippen molar-refractivity contribution >= 4 is 66.0 Å². The van der Waals surface area contributed by atoms with Gasteiger partial charge in [0.25, 0.3) is 24.2 Å². The number of aliphatic imine (C=N–C) groups is 1. The van der Waals surface area contributed by atoms with Gasteiger partial charge in [-0.3, -0.25) is 5.43 Å². The standard InChI is InChI=1S/C25H31FN6O3S.C23H31ClFN5O4SSi.C8H15N/c1-16(2)19-10-18(26)11-20(17-5-7-27-22(9-17)35-4)24(19)28-21-12-23(30-29-21)36(33,34)32-14-25(15-32)6-8-31(3)13-25;1-15(2)18-12-17(25)13-19(16-7-8-26-20(11-16)33-3)21(18)27-22-28-23(35(24,31)32)29-30(22)14-34-9-10-36(4,5)6;1-9-6-5-8(7-9)3-2-4-8/h5,7,9-11,16H,6,8,12-15H2,1-4H3,(H,28,29);7-8,11-13,15H,9-10,14H2,1-6H3,(H,27,28,29);2-7H2,1H3. The molecule has 19 nitrogen and oxygen atoms in total. The lowest BCUT2D eigenvalue weighted by molar-refractivity contribution is 0.0792. The molecule has 81 heavy (non-hydrogen) atoms. The molecule has 440 valence electrons. The van der Waals surface area contributed by atoms with Crippen LogP contribution in [0.2, 0.25) is 25.7 Å². The molecular formula is C56H77ClF2N12O7S2Si. The van der Waals surface area contributed by atoms with Gasteiger partial charge in [0.2, 0.25) is 17.7 Å². The molecule has 3 aromatic heterocycles. The van der Waals surface area contributed by atoms with Crippen LogP contribution in [0.4, 0.5) is 26.1 Å². The third-order valence-electron chi connectivity index (χ3n) is 15.5. The highest BCUT2D eigenvalue weighted by atomic mass is 35.7. The minimum atomic E-state index is -4.20. The number of hydrazone groups is 1. The smallest absolute Gasteiger partial charge is 0.298 e. The van der Waals surface area contributed by atoms with Crippen LogP contribution in [0.25, 0.3) is 22.3 Å². The summed E-state index contributed by atoms with van der Waals surface area (Å²) in [6, 6.07) is 13.5. The quantitative estimate of drug-likeness (QED) is 0.0535. The second-order valence-electron chi connectivity index (χ2n) is 23.9. The largest absolute Gasteiger partial charge is 0.481 e. The van der Waals surface area contributed by atoms with Crippen LogP contribution in [0.1, 0.15) is 89.2 Å². The molecular weight excluding hydrogens is 1120 g/mol. The zero-order valence-corrected chi connectivity index (χ0v) is 51.7. The normalized spacial score (nSPS) is 18.5. The van der Waals surface area contributed by atoms with Crippen molar-refractivity contribution in [2.24, 2.45) is 20.9 Å². The topological polar surface area (TPSA) is 211 Å². The molecule has 1 saturated carbocycles. The number of amidine groups is 1. The van der Waals surface area contributed by atoms with Crippen molar-refractivity contribution < 1.29 is 39.8 Å². The molecule has 5 aromatic rings. The molecule has 7 heterocycles. The molecule has 2 aromatic carbocycles. The van der Waals surface area contributed by atoms with Crippen LogP contribution in [0, 0.1) is 22.5 Å². The fourth-order valence-electron chi connectivity index (χ4n) is 10.9. The SMILES string of the molecule is CN1CCC2(CCC2)C1.COc1cc(-c2cc(F)cc(C(C)C)c2N=C2CC(S(=O)(=O)N3CC4(CCN(C)C4)C3)=NN2)ccn1.COc1cc(-c2cc(F)cc(C(C)C)c2Nc2nc(S(=O)(=O)Cl)nn2COCC[Si](C)(C)C)ccn1. The average molecular weight is 1200 g/mol. The zero-order valence-electron chi connectivity index (χ0n) is 48.3. The molecule has 2 spiro atoms. The summed E-state index contributed by atoms with van der Waals surface area (Å²) in [5.41, 5.74) is 8.58. The number of benzene rings is 2. The van der Waals surface area contributed by atoms with E-state index in [1.165, 1.54) is 86.2 Å². The molecule has 1 aliphatic carbocycles. The molecule has 2 N–H and O–H groups in total. The van der Waals surface area contributed by atoms with Crippen molar-refractivity contribution in [1.29, 1.82) is 0 Å². The Labute approximate surface area is 481 Å². The third kappa shape index (κ3) is 15.0. The van der Waals surface area contributed by atoms with Crippen molar-refractivity contribution in [3.63, 3.8) is 0 Å². The minimum Gasteiger partial charge on any atom is -0.481 e. The Morgan fingerprint density at radius 2 is 1.36 bits per heavy atom. The van der Waals surface area contributed by atoms with E-state index in [2.05, 4.69) is 79.4 Å². The number of aromatic nitrogens is 5. The van der Waals surface area contributed by atoms with E-state index >= 15 is 0 Å². The van der Waals surface area contributed by atoms with Gasteiger partial charge in [-0.25, -0.2) is 45.3 Å². The fourth-order valence-corrected chi connectivity index (χ4v) is 13.9. The first-order valence-corrected chi connectivity index (χ1v) is 34.8. The van der Waals surface area contributed by atoms with Crippen LogP contribution in [0.5, 0.6) is 11.8 Å². The van der Waals surface area contributed by atoms with Crippen molar-refractivity contribution in [1.82, 2.24) is 44.3 Å². The van der Waals surface area contributed by atoms with Crippen LogP contribution in [-0.2, 0) is 30.5 Å². The summed E-state index contributed by atoms with van der Waals surface area (Å²) < 4.78 is 98.8. The first kappa shape index (κ1) is 61.6. The maximum absolute atomic E-state index is 14.7. The molecule has 25 heteroatoms. The summed E-state index contributed by atoms with van der Waals surface area (Å²) in [5.74, 6) is 0.368. The molecule has 4 fully saturated rings. The van der Waals surface area contributed by atoms with Gasteiger partial charge in [0.1, 0.15) is 24.2 Å². The summed E-state index contributed by atoms with van der Waals surface area (Å²) in [7, 11) is 3.65. The Morgan fingerprint density at radius 3 is 1.86 bits per heavy atom. The number of anilines is 2. The van der Waals surface area contributed by atoms with E-state index in [0.717, 1.165) is 31.0 Å². The molecule has 3 saturated heterocycles. The number of sulfonamides is 1. The van der Waals surface area contributed by atoms with Gasteiger partial charge in [0.05, 0.1) is 32.0 Å². The maximum Gasteiger partial charge on any atom is 0.298 e. The first-order valence-electron chi connectivity index (χ1n) is 27.4. The monoisotopic (exact) mass is 1190 g/mol. The van der Waals surface area contributed by atoms with E-state index in [0.29, 0.717) is 82.0 Å². The number of nitrogens with zero attached hydrogens (tertiary/aromatic N) is 10. The third-order valence-corrected chi connectivity index (χ3v) is 20.0. The Bertz CT molecular complexity index is 3370. The summed E-state index contributed by atoms with van der Waals surface area (Å²) in [5, 5.41) is 10.8. The van der Waals surface area contributed by atoms with Gasteiger partial charge in [-0.05, 0) is 135 Å².